The Labute approximate surface area is 260 Å². The molecule has 5 aromatic heterocycles. The number of likely N-dealkylation sites (N-methyl/N-ethyl adjacent to an activating group) is 1. The number of aromatic nitrogens is 7. The Morgan fingerprint density at radius 1 is 0.956 bits per heavy atom. The van der Waals surface area contributed by atoms with Crippen molar-refractivity contribution in [2.75, 3.05) is 39.0 Å². The van der Waals surface area contributed by atoms with E-state index in [4.69, 9.17) is 9.97 Å². The lowest BCUT2D eigenvalue weighted by Gasteiger charge is -2.12. The van der Waals surface area contributed by atoms with Gasteiger partial charge in [0.15, 0.2) is 5.82 Å². The molecule has 0 aliphatic heterocycles. The van der Waals surface area contributed by atoms with E-state index in [1.165, 1.54) is 37.8 Å². The number of aromatic amines is 2. The third kappa shape index (κ3) is 6.40. The number of pyridine rings is 3. The van der Waals surface area contributed by atoms with Crippen LogP contribution in [0, 0.1) is 11.7 Å². The summed E-state index contributed by atoms with van der Waals surface area (Å²) in [6, 6.07) is 10.9. The van der Waals surface area contributed by atoms with Crippen molar-refractivity contribution >= 4 is 27.6 Å². The first-order valence-electron chi connectivity index (χ1n) is 15.5. The van der Waals surface area contributed by atoms with Crippen molar-refractivity contribution in [2.45, 2.75) is 32.2 Å². The molecule has 0 radical (unpaired) electrons. The van der Waals surface area contributed by atoms with E-state index in [1.807, 2.05) is 44.7 Å². The maximum absolute atomic E-state index is 14.7. The predicted molar refractivity (Wildman–Crippen MR) is 176 cm³/mol. The molecule has 0 saturated heterocycles. The average Bonchev–Trinajstić information content (AvgIpc) is 3.80. The van der Waals surface area contributed by atoms with Gasteiger partial charge in [-0.2, -0.15) is 5.10 Å². The van der Waals surface area contributed by atoms with Gasteiger partial charge >= 0.3 is 0 Å². The van der Waals surface area contributed by atoms with E-state index in [-0.39, 0.29) is 5.82 Å². The minimum atomic E-state index is -0.337. The fourth-order valence-electron chi connectivity index (χ4n) is 6.13. The molecule has 4 N–H and O–H groups in total. The number of benzene rings is 1. The second-order valence-corrected chi connectivity index (χ2v) is 12.2. The van der Waals surface area contributed by atoms with Crippen LogP contribution in [-0.2, 0) is 6.54 Å². The number of hydrogen-bond acceptors (Lipinski definition) is 8. The van der Waals surface area contributed by atoms with Crippen LogP contribution in [0.25, 0.3) is 56.0 Å². The molecule has 1 saturated carbocycles. The van der Waals surface area contributed by atoms with Gasteiger partial charge in [-0.05, 0) is 81.4 Å². The van der Waals surface area contributed by atoms with Crippen molar-refractivity contribution in [2.24, 2.45) is 5.92 Å². The lowest BCUT2D eigenvalue weighted by atomic mass is 10.1. The maximum atomic E-state index is 14.7. The van der Waals surface area contributed by atoms with Gasteiger partial charge in [-0.15, -0.1) is 0 Å². The number of halogens is 1. The van der Waals surface area contributed by atoms with Crippen LogP contribution in [0.4, 0.5) is 10.1 Å². The number of fused-ring (bicyclic) bond motifs is 2. The van der Waals surface area contributed by atoms with Gasteiger partial charge in [-0.1, -0.05) is 12.8 Å². The topological polar surface area (TPSA) is 123 Å². The van der Waals surface area contributed by atoms with Crippen LogP contribution in [0.1, 0.15) is 31.2 Å². The first kappa shape index (κ1) is 29.0. The monoisotopic (exact) mass is 604 g/mol. The highest BCUT2D eigenvalue weighted by molar-refractivity contribution is 5.97. The largest absolute Gasteiger partial charge is 0.384 e. The molecule has 11 heteroatoms. The van der Waals surface area contributed by atoms with Crippen molar-refractivity contribution in [3.05, 3.63) is 72.6 Å². The number of imidazole rings is 1. The summed E-state index contributed by atoms with van der Waals surface area (Å²) in [6.07, 6.45) is 12.6. The smallest absolute Gasteiger partial charge is 0.159 e. The van der Waals surface area contributed by atoms with Crippen LogP contribution in [-0.4, -0.2) is 73.7 Å². The summed E-state index contributed by atoms with van der Waals surface area (Å²) in [5.74, 6) is 1.04. The zero-order chi connectivity index (χ0) is 30.8. The molecule has 0 unspecified atom stereocenters. The second-order valence-electron chi connectivity index (χ2n) is 12.2. The molecule has 1 aromatic carbocycles. The summed E-state index contributed by atoms with van der Waals surface area (Å²) < 4.78 is 14.7. The Morgan fingerprint density at radius 3 is 2.71 bits per heavy atom. The summed E-state index contributed by atoms with van der Waals surface area (Å²) in [4.78, 5) is 24.2. The molecule has 1 aliphatic rings. The van der Waals surface area contributed by atoms with Gasteiger partial charge in [0.25, 0.3) is 0 Å². The lowest BCUT2D eigenvalue weighted by Crippen LogP contribution is -2.20. The van der Waals surface area contributed by atoms with Crippen molar-refractivity contribution in [3.8, 4) is 34.0 Å². The number of rotatable bonds is 11. The highest BCUT2D eigenvalue weighted by Crippen LogP contribution is 2.33. The number of anilines is 1. The molecule has 0 spiro atoms. The molecule has 1 fully saturated rings. The van der Waals surface area contributed by atoms with Gasteiger partial charge in [0.05, 0.1) is 28.6 Å². The quantitative estimate of drug-likeness (QED) is 0.142. The van der Waals surface area contributed by atoms with E-state index >= 15 is 0 Å². The Bertz CT molecular complexity index is 1940. The zero-order valence-corrected chi connectivity index (χ0v) is 25.6. The van der Waals surface area contributed by atoms with Gasteiger partial charge in [0.1, 0.15) is 17.0 Å². The van der Waals surface area contributed by atoms with Crippen molar-refractivity contribution in [1.29, 1.82) is 0 Å². The van der Waals surface area contributed by atoms with E-state index in [2.05, 4.69) is 46.7 Å². The summed E-state index contributed by atoms with van der Waals surface area (Å²) in [5, 5.41) is 15.5. The minimum Gasteiger partial charge on any atom is -0.384 e. The third-order valence-electron chi connectivity index (χ3n) is 8.46. The average molecular weight is 605 g/mol. The number of nitrogens with one attached hydrogen (secondary N) is 4. The summed E-state index contributed by atoms with van der Waals surface area (Å²) in [5.41, 5.74) is 7.72. The van der Waals surface area contributed by atoms with E-state index < -0.39 is 0 Å². The SMILES string of the molecule is CN(C)CCNc1cc(F)cc(-c2nccc3[nH]c(-c4n[nH]c5cnc(-c6cncc(CNCC7CCCC7)c6)cc45)nc23)c1. The summed E-state index contributed by atoms with van der Waals surface area (Å²) in [7, 11) is 4.01. The van der Waals surface area contributed by atoms with Gasteiger partial charge in [0, 0.05) is 60.4 Å². The zero-order valence-electron chi connectivity index (χ0n) is 25.6. The Kier molecular flexibility index (Phi) is 8.19. The van der Waals surface area contributed by atoms with E-state index in [0.29, 0.717) is 40.5 Å². The third-order valence-corrected chi connectivity index (χ3v) is 8.46. The predicted octanol–water partition coefficient (Wildman–Crippen LogP) is 6.02. The Hall–Kier alpha value is -4.74. The van der Waals surface area contributed by atoms with E-state index in [0.717, 1.165) is 58.8 Å². The van der Waals surface area contributed by atoms with Gasteiger partial charge in [-0.3, -0.25) is 20.1 Å². The summed E-state index contributed by atoms with van der Waals surface area (Å²) in [6.45, 7) is 3.36. The number of H-pyrrole nitrogens is 2. The minimum absolute atomic E-state index is 0.337. The Balaban J connectivity index is 1.17. The van der Waals surface area contributed by atoms with E-state index in [9.17, 15) is 4.39 Å². The normalized spacial score (nSPS) is 13.9. The molecular weight excluding hydrogens is 567 g/mol. The van der Waals surface area contributed by atoms with Crippen molar-refractivity contribution in [3.63, 3.8) is 0 Å². The van der Waals surface area contributed by atoms with Crippen LogP contribution < -0.4 is 10.6 Å². The van der Waals surface area contributed by atoms with Gasteiger partial charge in [0.2, 0.25) is 0 Å². The number of nitrogens with zero attached hydrogens (tertiary/aromatic N) is 6. The highest BCUT2D eigenvalue weighted by atomic mass is 19.1. The molecule has 230 valence electrons. The fourth-order valence-corrected chi connectivity index (χ4v) is 6.13. The Morgan fingerprint density at radius 2 is 1.84 bits per heavy atom. The van der Waals surface area contributed by atoms with Gasteiger partial charge < -0.3 is 20.5 Å². The number of hydrogen-bond donors (Lipinski definition) is 4. The maximum Gasteiger partial charge on any atom is 0.159 e. The second kappa shape index (κ2) is 12.7. The molecule has 0 bridgehead atoms. The molecule has 0 amide bonds. The van der Waals surface area contributed by atoms with Crippen molar-refractivity contribution in [1.82, 2.24) is 45.3 Å². The molecule has 0 atom stereocenters. The molecular formula is C34H37FN10. The molecule has 45 heavy (non-hydrogen) atoms. The van der Waals surface area contributed by atoms with Crippen LogP contribution in [0.15, 0.2) is 61.2 Å². The van der Waals surface area contributed by atoms with Crippen molar-refractivity contribution < 1.29 is 4.39 Å². The summed E-state index contributed by atoms with van der Waals surface area (Å²) >= 11 is 0. The van der Waals surface area contributed by atoms with Crippen LogP contribution in [0.2, 0.25) is 0 Å². The van der Waals surface area contributed by atoms with Crippen LogP contribution >= 0.6 is 0 Å². The molecule has 1 aliphatic carbocycles. The van der Waals surface area contributed by atoms with Crippen LogP contribution in [0.3, 0.4) is 0 Å². The van der Waals surface area contributed by atoms with Crippen LogP contribution in [0.5, 0.6) is 0 Å². The molecule has 5 heterocycles. The highest BCUT2D eigenvalue weighted by Gasteiger charge is 2.18. The fraction of sp³-hybridized carbons (Fsp3) is 0.324. The standard InChI is InChI=1S/C34H37FN10/c1-45(2)10-9-38-26-13-23(12-25(35)14-26)31-33-28(7-8-39-31)41-34(42-33)32-27-15-29(40-20-30(27)43-44-32)24-11-22(18-37-19-24)17-36-16-21-5-3-4-6-21/h7-8,11-15,18-21,36,38H,3-6,9-10,16-17H2,1-2H3,(H,41,42)(H,43,44). The lowest BCUT2D eigenvalue weighted by molar-refractivity contribution is 0.425. The van der Waals surface area contributed by atoms with Gasteiger partial charge in [-0.25, -0.2) is 9.37 Å². The molecule has 6 aromatic rings. The first-order chi connectivity index (χ1) is 22.0. The molecule has 7 rings (SSSR count). The molecule has 10 nitrogen and oxygen atoms in total. The van der Waals surface area contributed by atoms with E-state index in [1.54, 1.807) is 12.4 Å². The first-order valence-corrected chi connectivity index (χ1v) is 15.5.